The summed E-state index contributed by atoms with van der Waals surface area (Å²) in [5.41, 5.74) is 4.28. The lowest BCUT2D eigenvalue weighted by atomic mass is 10.2. The van der Waals surface area contributed by atoms with Gasteiger partial charge in [0.05, 0.1) is 16.0 Å². The third-order valence-corrected chi connectivity index (χ3v) is 2.33. The van der Waals surface area contributed by atoms with E-state index in [-0.39, 0.29) is 5.95 Å². The first kappa shape index (κ1) is 10.8. The molecular weight excluding hydrogens is 251 g/mol. The quantitative estimate of drug-likeness (QED) is 0.676. The summed E-state index contributed by atoms with van der Waals surface area (Å²) >= 11 is 11.8. The van der Waals surface area contributed by atoms with Crippen LogP contribution in [0.1, 0.15) is 5.56 Å². The minimum atomic E-state index is 0.138. The second kappa shape index (κ2) is 4.91. The second-order valence-electron chi connectivity index (χ2n) is 2.69. The monoisotopic (exact) mass is 255 g/mol. The molecular formula is C8H5Cl2N6-. The molecule has 6 nitrogen and oxygen atoms in total. The van der Waals surface area contributed by atoms with Crippen LogP contribution in [0.5, 0.6) is 0 Å². The number of benzene rings is 1. The van der Waals surface area contributed by atoms with E-state index in [0.717, 1.165) is 0 Å². The fourth-order valence-corrected chi connectivity index (χ4v) is 1.47. The Hall–Kier alpha value is -1.66. The average molecular weight is 256 g/mol. The van der Waals surface area contributed by atoms with Crippen molar-refractivity contribution < 1.29 is 0 Å². The van der Waals surface area contributed by atoms with Gasteiger partial charge in [0.15, 0.2) is 0 Å². The van der Waals surface area contributed by atoms with Crippen LogP contribution in [0.25, 0.3) is 5.43 Å². The molecule has 0 radical (unpaired) electrons. The number of tetrazole rings is 1. The van der Waals surface area contributed by atoms with Crippen molar-refractivity contribution in [3.63, 3.8) is 0 Å². The van der Waals surface area contributed by atoms with E-state index in [1.807, 2.05) is 0 Å². The molecule has 8 heteroatoms. The first-order valence-electron chi connectivity index (χ1n) is 4.19. The number of hydrogen-bond donors (Lipinski definition) is 1. The van der Waals surface area contributed by atoms with Crippen molar-refractivity contribution in [2.24, 2.45) is 5.10 Å². The van der Waals surface area contributed by atoms with Crippen molar-refractivity contribution in [2.75, 3.05) is 0 Å². The molecule has 1 N–H and O–H groups in total. The van der Waals surface area contributed by atoms with Crippen molar-refractivity contribution >= 4 is 35.4 Å². The Morgan fingerprint density at radius 2 is 2.06 bits per heavy atom. The van der Waals surface area contributed by atoms with Crippen LogP contribution in [0, 0.1) is 0 Å². The number of rotatable bonds is 3. The van der Waals surface area contributed by atoms with Gasteiger partial charge in [0, 0.05) is 11.8 Å². The first-order valence-corrected chi connectivity index (χ1v) is 4.94. The SMILES string of the molecule is Clc1cccc(Cl)c1/C=N\[N-]c1nn[nH]n1. The number of H-pyrrole nitrogens is 1. The summed E-state index contributed by atoms with van der Waals surface area (Å²) in [5, 5.41) is 17.5. The minimum absolute atomic E-state index is 0.138. The summed E-state index contributed by atoms with van der Waals surface area (Å²) in [6, 6.07) is 5.17. The average Bonchev–Trinajstić information content (AvgIpc) is 2.75. The highest BCUT2D eigenvalue weighted by Crippen LogP contribution is 2.22. The topological polar surface area (TPSA) is 80.9 Å². The summed E-state index contributed by atoms with van der Waals surface area (Å²) in [4.78, 5) is 0. The van der Waals surface area contributed by atoms with Crippen LogP contribution in [-0.2, 0) is 0 Å². The molecule has 2 aromatic rings. The van der Waals surface area contributed by atoms with Crippen LogP contribution in [0.4, 0.5) is 5.95 Å². The lowest BCUT2D eigenvalue weighted by Crippen LogP contribution is -1.84. The van der Waals surface area contributed by atoms with Crippen molar-refractivity contribution in [3.05, 3.63) is 39.2 Å². The fourth-order valence-electron chi connectivity index (χ4n) is 0.971. The maximum Gasteiger partial charge on any atom is 0.0830 e. The maximum absolute atomic E-state index is 5.92. The van der Waals surface area contributed by atoms with Crippen molar-refractivity contribution in [2.45, 2.75) is 0 Å². The van der Waals surface area contributed by atoms with E-state index < -0.39 is 0 Å². The van der Waals surface area contributed by atoms with Crippen LogP contribution in [0.3, 0.4) is 0 Å². The molecule has 0 saturated heterocycles. The number of halogens is 2. The van der Waals surface area contributed by atoms with E-state index in [9.17, 15) is 0 Å². The van der Waals surface area contributed by atoms with E-state index in [4.69, 9.17) is 23.2 Å². The molecule has 0 aliphatic carbocycles. The second-order valence-corrected chi connectivity index (χ2v) is 3.51. The highest BCUT2D eigenvalue weighted by Gasteiger charge is 2.00. The minimum Gasteiger partial charge on any atom is -0.277 e. The number of hydrogen-bond acceptors (Lipinski definition) is 4. The van der Waals surface area contributed by atoms with Gasteiger partial charge in [-0.15, -0.1) is 5.21 Å². The van der Waals surface area contributed by atoms with Crippen LogP contribution in [0.15, 0.2) is 23.3 Å². The smallest absolute Gasteiger partial charge is 0.0830 e. The molecule has 1 aromatic carbocycles. The van der Waals surface area contributed by atoms with Gasteiger partial charge in [0.25, 0.3) is 0 Å². The predicted octanol–water partition coefficient (Wildman–Crippen LogP) is 2.55. The van der Waals surface area contributed by atoms with Crippen LogP contribution >= 0.6 is 23.2 Å². The van der Waals surface area contributed by atoms with E-state index in [1.165, 1.54) is 6.21 Å². The lowest BCUT2D eigenvalue weighted by molar-refractivity contribution is 0.881. The number of nitrogens with zero attached hydrogens (tertiary/aromatic N) is 5. The maximum atomic E-state index is 5.92. The normalized spacial score (nSPS) is 10.9. The van der Waals surface area contributed by atoms with Gasteiger partial charge >= 0.3 is 0 Å². The summed E-state index contributed by atoms with van der Waals surface area (Å²) in [7, 11) is 0. The molecule has 0 amide bonds. The molecule has 82 valence electrons. The Bertz CT molecular complexity index is 475. The van der Waals surface area contributed by atoms with Crippen molar-refractivity contribution in [1.29, 1.82) is 0 Å². The van der Waals surface area contributed by atoms with E-state index >= 15 is 0 Å². The Balaban J connectivity index is 2.12. The first-order chi connectivity index (χ1) is 7.77. The van der Waals surface area contributed by atoms with Gasteiger partial charge in [-0.25, -0.2) is 5.10 Å². The summed E-state index contributed by atoms with van der Waals surface area (Å²) in [6.07, 6.45) is 1.43. The number of aromatic nitrogens is 4. The molecule has 0 bridgehead atoms. The molecule has 0 aliphatic heterocycles. The largest absolute Gasteiger partial charge is 0.277 e. The third kappa shape index (κ3) is 2.47. The zero-order chi connectivity index (χ0) is 11.4. The van der Waals surface area contributed by atoms with Gasteiger partial charge in [-0.05, 0) is 12.1 Å². The molecule has 2 rings (SSSR count). The number of nitrogens with one attached hydrogen (secondary N) is 1. The number of aromatic amines is 1. The Kier molecular flexibility index (Phi) is 3.33. The molecule has 16 heavy (non-hydrogen) atoms. The highest BCUT2D eigenvalue weighted by molar-refractivity contribution is 6.38. The molecule has 0 aliphatic rings. The Morgan fingerprint density at radius 3 is 2.69 bits per heavy atom. The van der Waals surface area contributed by atoms with Crippen molar-refractivity contribution in [3.8, 4) is 0 Å². The van der Waals surface area contributed by atoms with Gasteiger partial charge in [0.1, 0.15) is 0 Å². The van der Waals surface area contributed by atoms with Gasteiger partial charge in [0.2, 0.25) is 0 Å². The standard InChI is InChI=1S/C8H5Cl2N6/c9-6-2-1-3-7(10)5(6)4-11-12-8-13-15-16-14-8/h1-4H,(H-,12,13,14,15,16)/q-1/b11-4-. The van der Waals surface area contributed by atoms with Gasteiger partial charge in [-0.1, -0.05) is 29.3 Å². The molecule has 0 spiro atoms. The molecule has 0 saturated carbocycles. The van der Waals surface area contributed by atoms with Gasteiger partial charge in [-0.2, -0.15) is 0 Å². The molecule has 1 heterocycles. The lowest BCUT2D eigenvalue weighted by Gasteiger charge is -2.01. The fraction of sp³-hybridized carbons (Fsp3) is 0. The Labute approximate surface area is 101 Å². The summed E-state index contributed by atoms with van der Waals surface area (Å²) in [5.74, 6) is 0.138. The van der Waals surface area contributed by atoms with Gasteiger partial charge < -0.3 is 0 Å². The van der Waals surface area contributed by atoms with E-state index in [2.05, 4.69) is 31.2 Å². The third-order valence-electron chi connectivity index (χ3n) is 1.67. The molecule has 0 atom stereocenters. The van der Waals surface area contributed by atoms with E-state index in [1.54, 1.807) is 18.2 Å². The Morgan fingerprint density at radius 1 is 1.31 bits per heavy atom. The summed E-state index contributed by atoms with van der Waals surface area (Å²) in [6.45, 7) is 0. The zero-order valence-corrected chi connectivity index (χ0v) is 9.31. The summed E-state index contributed by atoms with van der Waals surface area (Å²) < 4.78 is 0. The predicted molar refractivity (Wildman–Crippen MR) is 61.3 cm³/mol. The van der Waals surface area contributed by atoms with Crippen LogP contribution in [-0.4, -0.2) is 26.8 Å². The highest BCUT2D eigenvalue weighted by atomic mass is 35.5. The van der Waals surface area contributed by atoms with Crippen LogP contribution < -0.4 is 0 Å². The molecule has 0 fully saturated rings. The molecule has 0 unspecified atom stereocenters. The van der Waals surface area contributed by atoms with Crippen LogP contribution in [0.2, 0.25) is 10.0 Å². The van der Waals surface area contributed by atoms with Crippen molar-refractivity contribution in [1.82, 2.24) is 20.6 Å². The zero-order valence-electron chi connectivity index (χ0n) is 7.80. The van der Waals surface area contributed by atoms with E-state index in [0.29, 0.717) is 15.6 Å². The van der Waals surface area contributed by atoms with Gasteiger partial charge in [-0.3, -0.25) is 20.8 Å². The molecule has 1 aromatic heterocycles.